The van der Waals surface area contributed by atoms with Crippen molar-refractivity contribution in [3.8, 4) is 0 Å². The lowest BCUT2D eigenvalue weighted by molar-refractivity contribution is -0.126. The molecular formula is C23H29FN2O3S. The first-order valence-corrected chi connectivity index (χ1v) is 11.8. The number of carbonyl (C=O) groups is 1. The van der Waals surface area contributed by atoms with Crippen molar-refractivity contribution in [1.29, 1.82) is 0 Å². The van der Waals surface area contributed by atoms with Crippen LogP contribution in [-0.4, -0.2) is 31.7 Å². The highest BCUT2D eigenvalue weighted by molar-refractivity contribution is 7.89. The molecule has 1 N–H and O–H groups in total. The highest BCUT2D eigenvalue weighted by Gasteiger charge is 2.34. The van der Waals surface area contributed by atoms with Gasteiger partial charge in [-0.2, -0.15) is 4.31 Å². The monoisotopic (exact) mass is 432 g/mol. The third kappa shape index (κ3) is 4.90. The van der Waals surface area contributed by atoms with Crippen LogP contribution < -0.4 is 5.32 Å². The maximum atomic E-state index is 13.2. The van der Waals surface area contributed by atoms with E-state index in [0.717, 1.165) is 29.7 Å². The summed E-state index contributed by atoms with van der Waals surface area (Å²) >= 11 is 0. The van der Waals surface area contributed by atoms with Crippen LogP contribution in [-0.2, 0) is 14.8 Å². The first kappa shape index (κ1) is 22.4. The Bertz CT molecular complexity index is 1010. The molecule has 2 atom stereocenters. The summed E-state index contributed by atoms with van der Waals surface area (Å²) in [7, 11) is -3.76. The van der Waals surface area contributed by atoms with E-state index in [2.05, 4.69) is 11.4 Å². The second-order valence-corrected chi connectivity index (χ2v) is 9.92. The van der Waals surface area contributed by atoms with Crippen molar-refractivity contribution < 1.29 is 17.6 Å². The average Bonchev–Trinajstić information content (AvgIpc) is 2.72. The summed E-state index contributed by atoms with van der Waals surface area (Å²) in [5.41, 5.74) is 3.39. The Labute approximate surface area is 178 Å². The predicted molar refractivity (Wildman–Crippen MR) is 115 cm³/mol. The Morgan fingerprint density at radius 1 is 1.20 bits per heavy atom. The van der Waals surface area contributed by atoms with Crippen LogP contribution in [0.25, 0.3) is 0 Å². The second-order valence-electron chi connectivity index (χ2n) is 7.99. The van der Waals surface area contributed by atoms with Gasteiger partial charge in [0.25, 0.3) is 0 Å². The van der Waals surface area contributed by atoms with Crippen molar-refractivity contribution in [1.82, 2.24) is 9.62 Å². The van der Waals surface area contributed by atoms with Crippen LogP contribution >= 0.6 is 0 Å². The molecule has 7 heteroatoms. The summed E-state index contributed by atoms with van der Waals surface area (Å²) in [4.78, 5) is 13.0. The van der Waals surface area contributed by atoms with Crippen LogP contribution in [0.5, 0.6) is 0 Å². The molecule has 1 aliphatic rings. The standard InChI is InChI=1S/C23H29FN2O3S/c1-4-22(21-12-7-16(2)14-17(21)3)25-23(27)18-6-5-13-26(15-18)30(28,29)20-10-8-19(24)9-11-20/h7-12,14,18,22H,4-6,13,15H2,1-3H3,(H,25,27). The number of piperidine rings is 1. The van der Waals surface area contributed by atoms with Crippen molar-refractivity contribution in [3.05, 3.63) is 65.0 Å². The van der Waals surface area contributed by atoms with Gasteiger partial charge >= 0.3 is 0 Å². The zero-order valence-electron chi connectivity index (χ0n) is 17.7. The van der Waals surface area contributed by atoms with E-state index in [1.807, 2.05) is 32.9 Å². The van der Waals surface area contributed by atoms with E-state index in [1.165, 1.54) is 22.0 Å². The summed E-state index contributed by atoms with van der Waals surface area (Å²) in [6, 6.07) is 10.9. The lowest BCUT2D eigenvalue weighted by atomic mass is 9.95. The number of hydrogen-bond donors (Lipinski definition) is 1. The molecule has 0 saturated carbocycles. The van der Waals surface area contributed by atoms with E-state index in [1.54, 1.807) is 0 Å². The third-order valence-electron chi connectivity index (χ3n) is 5.73. The van der Waals surface area contributed by atoms with E-state index >= 15 is 0 Å². The number of halogens is 1. The zero-order valence-corrected chi connectivity index (χ0v) is 18.5. The van der Waals surface area contributed by atoms with Crippen LogP contribution in [0.3, 0.4) is 0 Å². The van der Waals surface area contributed by atoms with Crippen molar-refractivity contribution in [2.45, 2.75) is 51.0 Å². The lowest BCUT2D eigenvalue weighted by Gasteiger charge is -2.32. The number of sulfonamides is 1. The highest BCUT2D eigenvalue weighted by Crippen LogP contribution is 2.26. The summed E-state index contributed by atoms with van der Waals surface area (Å²) < 4.78 is 40.3. The van der Waals surface area contributed by atoms with Gasteiger partial charge in [0, 0.05) is 13.1 Å². The normalized spacial score (nSPS) is 18.7. The molecule has 1 aliphatic heterocycles. The molecule has 2 unspecified atom stereocenters. The Kier molecular flexibility index (Phi) is 6.93. The number of aryl methyl sites for hydroxylation is 2. The van der Waals surface area contributed by atoms with Gasteiger partial charge in [0.05, 0.1) is 16.9 Å². The largest absolute Gasteiger partial charge is 0.349 e. The Balaban J connectivity index is 1.72. The molecule has 2 aromatic carbocycles. The van der Waals surface area contributed by atoms with E-state index < -0.39 is 21.8 Å². The Morgan fingerprint density at radius 3 is 2.53 bits per heavy atom. The van der Waals surface area contributed by atoms with E-state index in [0.29, 0.717) is 19.4 Å². The maximum absolute atomic E-state index is 13.2. The molecular weight excluding hydrogens is 403 g/mol. The minimum absolute atomic E-state index is 0.0478. The molecule has 162 valence electrons. The molecule has 30 heavy (non-hydrogen) atoms. The minimum atomic E-state index is -3.76. The summed E-state index contributed by atoms with van der Waals surface area (Å²) in [6.07, 6.45) is 2.00. The van der Waals surface area contributed by atoms with E-state index in [9.17, 15) is 17.6 Å². The number of nitrogens with one attached hydrogen (secondary N) is 1. The van der Waals surface area contributed by atoms with Crippen LogP contribution in [0, 0.1) is 25.6 Å². The third-order valence-corrected chi connectivity index (χ3v) is 7.61. The molecule has 0 radical (unpaired) electrons. The molecule has 0 spiro atoms. The highest BCUT2D eigenvalue weighted by atomic mass is 32.2. The summed E-state index contributed by atoms with van der Waals surface area (Å²) in [5, 5.41) is 3.12. The summed E-state index contributed by atoms with van der Waals surface area (Å²) in [5.74, 6) is -1.02. The molecule has 5 nitrogen and oxygen atoms in total. The molecule has 0 aliphatic carbocycles. The molecule has 1 amide bonds. The van der Waals surface area contributed by atoms with Gasteiger partial charge in [-0.25, -0.2) is 12.8 Å². The molecule has 1 fully saturated rings. The van der Waals surface area contributed by atoms with Crippen molar-refractivity contribution in [2.24, 2.45) is 5.92 Å². The van der Waals surface area contributed by atoms with Gasteiger partial charge in [0.2, 0.25) is 15.9 Å². The van der Waals surface area contributed by atoms with Gasteiger partial charge in [-0.3, -0.25) is 4.79 Å². The first-order valence-electron chi connectivity index (χ1n) is 10.4. The van der Waals surface area contributed by atoms with Gasteiger partial charge in [0.15, 0.2) is 0 Å². The number of benzene rings is 2. The quantitative estimate of drug-likeness (QED) is 0.747. The van der Waals surface area contributed by atoms with Gasteiger partial charge < -0.3 is 5.32 Å². The van der Waals surface area contributed by atoms with Crippen LogP contribution in [0.15, 0.2) is 47.4 Å². The molecule has 1 heterocycles. The molecule has 0 bridgehead atoms. The first-order chi connectivity index (χ1) is 14.2. The topological polar surface area (TPSA) is 66.5 Å². The predicted octanol–water partition coefficient (Wildman–Crippen LogP) is 4.11. The second kappa shape index (κ2) is 9.27. The SMILES string of the molecule is CCC(NC(=O)C1CCCN(S(=O)(=O)c2ccc(F)cc2)C1)c1ccc(C)cc1C. The van der Waals surface area contributed by atoms with Crippen molar-refractivity contribution >= 4 is 15.9 Å². The van der Waals surface area contributed by atoms with Crippen LogP contribution in [0.1, 0.15) is 48.9 Å². The number of hydrogen-bond acceptors (Lipinski definition) is 3. The number of nitrogens with zero attached hydrogens (tertiary/aromatic N) is 1. The van der Waals surface area contributed by atoms with Crippen LogP contribution in [0.4, 0.5) is 4.39 Å². The van der Waals surface area contributed by atoms with Gasteiger partial charge in [-0.1, -0.05) is 30.7 Å². The number of amides is 1. The van der Waals surface area contributed by atoms with Crippen LogP contribution in [0.2, 0.25) is 0 Å². The fraction of sp³-hybridized carbons (Fsp3) is 0.435. The molecule has 3 rings (SSSR count). The Hall–Kier alpha value is -2.25. The van der Waals surface area contributed by atoms with Gasteiger partial charge in [0.1, 0.15) is 5.82 Å². The average molecular weight is 433 g/mol. The van der Waals surface area contributed by atoms with Gasteiger partial charge in [-0.05, 0) is 68.5 Å². The maximum Gasteiger partial charge on any atom is 0.243 e. The summed E-state index contributed by atoms with van der Waals surface area (Å²) in [6.45, 7) is 6.59. The van der Waals surface area contributed by atoms with E-state index in [4.69, 9.17) is 0 Å². The lowest BCUT2D eigenvalue weighted by Crippen LogP contribution is -2.46. The zero-order chi connectivity index (χ0) is 21.9. The Morgan fingerprint density at radius 2 is 1.90 bits per heavy atom. The molecule has 2 aromatic rings. The minimum Gasteiger partial charge on any atom is -0.349 e. The fourth-order valence-electron chi connectivity index (χ4n) is 4.04. The van der Waals surface area contributed by atoms with E-state index in [-0.39, 0.29) is 23.4 Å². The van der Waals surface area contributed by atoms with Crippen molar-refractivity contribution in [3.63, 3.8) is 0 Å². The smallest absolute Gasteiger partial charge is 0.243 e. The van der Waals surface area contributed by atoms with Gasteiger partial charge in [-0.15, -0.1) is 0 Å². The molecule has 0 aromatic heterocycles. The number of carbonyl (C=O) groups excluding carboxylic acids is 1. The van der Waals surface area contributed by atoms with Crippen molar-refractivity contribution in [2.75, 3.05) is 13.1 Å². The molecule has 1 saturated heterocycles. The number of rotatable bonds is 6. The fourth-order valence-corrected chi connectivity index (χ4v) is 5.56.